The van der Waals surface area contributed by atoms with E-state index in [1.165, 1.54) is 0 Å². The van der Waals surface area contributed by atoms with Crippen LogP contribution in [0.5, 0.6) is 0 Å². The molecule has 1 amide bonds. The van der Waals surface area contributed by atoms with Crippen LogP contribution in [0.15, 0.2) is 30.3 Å². The molecule has 1 aliphatic heterocycles. The Morgan fingerprint density at radius 1 is 1.20 bits per heavy atom. The summed E-state index contributed by atoms with van der Waals surface area (Å²) in [5, 5.41) is 11.3. The van der Waals surface area contributed by atoms with Crippen molar-refractivity contribution >= 4 is 30.7 Å². The highest BCUT2D eigenvalue weighted by Crippen LogP contribution is 2.37. The maximum Gasteiger partial charge on any atom is 0.242 e. The number of piperidine rings is 1. The zero-order valence-corrected chi connectivity index (χ0v) is 16.5. The van der Waals surface area contributed by atoms with Crippen molar-refractivity contribution in [3.63, 3.8) is 0 Å². The number of carbonyl (C=O) groups excluding carboxylic acids is 1. The summed E-state index contributed by atoms with van der Waals surface area (Å²) in [6, 6.07) is 9.62. The molecule has 0 unspecified atom stereocenters. The van der Waals surface area contributed by atoms with Crippen molar-refractivity contribution in [2.24, 2.45) is 5.73 Å². The molecule has 25 heavy (non-hydrogen) atoms. The molecule has 7 heteroatoms. The number of hydrogen-bond acceptors (Lipinski definition) is 4. The van der Waals surface area contributed by atoms with Crippen LogP contribution in [0.3, 0.4) is 0 Å². The number of amides is 1. The number of likely N-dealkylation sites (tertiary alicyclic amines) is 1. The number of hydrogen-bond donors (Lipinski definition) is 2. The fraction of sp³-hybridized carbons (Fsp3) is 0.611. The molecule has 3 rings (SSSR count). The fourth-order valence-electron chi connectivity index (χ4n) is 3.85. The van der Waals surface area contributed by atoms with E-state index >= 15 is 0 Å². The SMILES string of the molecule is CN(C)[C@@H]1CN(C(=O)C2(N)CCC2)CC[C@]1(O)c1ccccc1.Cl.Cl. The van der Waals surface area contributed by atoms with E-state index in [2.05, 4.69) is 0 Å². The summed E-state index contributed by atoms with van der Waals surface area (Å²) in [5.41, 5.74) is 5.51. The number of halogens is 2. The van der Waals surface area contributed by atoms with Crippen molar-refractivity contribution in [2.45, 2.75) is 42.9 Å². The average Bonchev–Trinajstić information content (AvgIpc) is 2.53. The molecule has 1 aliphatic carbocycles. The topological polar surface area (TPSA) is 69.8 Å². The first-order valence-electron chi connectivity index (χ1n) is 8.39. The standard InChI is InChI=1S/C18H27N3O2.2ClH/c1-20(2)15-13-21(16(22)17(19)9-6-10-17)12-11-18(15,23)14-7-4-3-5-8-14;;/h3-5,7-8,15,23H,6,9-13,19H2,1-2H3;2*1H/t15-,18+;;/m1../s1. The van der Waals surface area contributed by atoms with Gasteiger partial charge in [-0.1, -0.05) is 30.3 Å². The number of benzene rings is 1. The van der Waals surface area contributed by atoms with Crippen LogP contribution in [0, 0.1) is 0 Å². The molecule has 3 N–H and O–H groups in total. The second-order valence-corrected chi connectivity index (χ2v) is 7.28. The Bertz CT molecular complexity index is 581. The molecule has 0 bridgehead atoms. The van der Waals surface area contributed by atoms with E-state index in [1.54, 1.807) is 0 Å². The molecule has 1 heterocycles. The molecular weight excluding hydrogens is 361 g/mol. The molecule has 0 spiro atoms. The van der Waals surface area contributed by atoms with E-state index in [0.29, 0.717) is 19.5 Å². The van der Waals surface area contributed by atoms with Gasteiger partial charge in [-0.3, -0.25) is 4.79 Å². The Balaban J connectivity index is 0.00000156. The summed E-state index contributed by atoms with van der Waals surface area (Å²) < 4.78 is 0. The predicted molar refractivity (Wildman–Crippen MR) is 104 cm³/mol. The van der Waals surface area contributed by atoms with Crippen LogP contribution < -0.4 is 5.73 Å². The third-order valence-corrected chi connectivity index (χ3v) is 5.56. The van der Waals surface area contributed by atoms with Gasteiger partial charge in [0, 0.05) is 13.1 Å². The van der Waals surface area contributed by atoms with Gasteiger partial charge in [0.2, 0.25) is 5.91 Å². The number of likely N-dealkylation sites (N-methyl/N-ethyl adjacent to an activating group) is 1. The van der Waals surface area contributed by atoms with Gasteiger partial charge in [0.25, 0.3) is 0 Å². The van der Waals surface area contributed by atoms with Gasteiger partial charge in [-0.05, 0) is 45.3 Å². The van der Waals surface area contributed by atoms with Crippen LogP contribution in [-0.2, 0) is 10.4 Å². The van der Waals surface area contributed by atoms with Crippen molar-refractivity contribution < 1.29 is 9.90 Å². The van der Waals surface area contributed by atoms with Gasteiger partial charge in [-0.15, -0.1) is 24.8 Å². The molecule has 1 aromatic rings. The van der Waals surface area contributed by atoms with E-state index in [4.69, 9.17) is 5.73 Å². The summed E-state index contributed by atoms with van der Waals surface area (Å²) in [5.74, 6) is 0.0470. The Labute approximate surface area is 162 Å². The minimum absolute atomic E-state index is 0. The zero-order valence-electron chi connectivity index (χ0n) is 14.9. The van der Waals surface area contributed by atoms with E-state index in [9.17, 15) is 9.90 Å². The van der Waals surface area contributed by atoms with E-state index in [0.717, 1.165) is 24.8 Å². The van der Waals surface area contributed by atoms with Gasteiger partial charge in [0.15, 0.2) is 0 Å². The van der Waals surface area contributed by atoms with Crippen LogP contribution in [-0.4, -0.2) is 59.6 Å². The highest BCUT2D eigenvalue weighted by molar-refractivity contribution is 5.87. The molecule has 0 aromatic heterocycles. The maximum atomic E-state index is 12.7. The summed E-state index contributed by atoms with van der Waals surface area (Å²) in [4.78, 5) is 16.6. The summed E-state index contributed by atoms with van der Waals surface area (Å²) >= 11 is 0. The van der Waals surface area contributed by atoms with Crippen LogP contribution >= 0.6 is 24.8 Å². The van der Waals surface area contributed by atoms with Gasteiger partial charge < -0.3 is 20.6 Å². The zero-order chi connectivity index (χ0) is 16.7. The third kappa shape index (κ3) is 3.96. The normalized spacial score (nSPS) is 27.7. The summed E-state index contributed by atoms with van der Waals surface area (Å²) in [6.07, 6.45) is 3.11. The highest BCUT2D eigenvalue weighted by Gasteiger charge is 2.49. The first-order valence-corrected chi connectivity index (χ1v) is 8.39. The van der Waals surface area contributed by atoms with Crippen LogP contribution in [0.2, 0.25) is 0 Å². The smallest absolute Gasteiger partial charge is 0.242 e. The maximum absolute atomic E-state index is 12.7. The first kappa shape index (κ1) is 22.2. The van der Waals surface area contributed by atoms with Gasteiger partial charge in [0.05, 0.1) is 11.6 Å². The Morgan fingerprint density at radius 2 is 1.80 bits per heavy atom. The molecule has 1 aromatic carbocycles. The second-order valence-electron chi connectivity index (χ2n) is 7.28. The highest BCUT2D eigenvalue weighted by atomic mass is 35.5. The summed E-state index contributed by atoms with van der Waals surface area (Å²) in [7, 11) is 3.90. The molecule has 1 saturated heterocycles. The third-order valence-electron chi connectivity index (χ3n) is 5.56. The van der Waals surface area contributed by atoms with Gasteiger partial charge in [-0.2, -0.15) is 0 Å². The quantitative estimate of drug-likeness (QED) is 0.825. The Hall–Kier alpha value is -0.850. The monoisotopic (exact) mass is 389 g/mol. The van der Waals surface area contributed by atoms with Crippen molar-refractivity contribution in [3.05, 3.63) is 35.9 Å². The lowest BCUT2D eigenvalue weighted by atomic mass is 9.75. The first-order chi connectivity index (χ1) is 10.9. The fourth-order valence-corrected chi connectivity index (χ4v) is 3.85. The molecule has 5 nitrogen and oxygen atoms in total. The van der Waals surface area contributed by atoms with Gasteiger partial charge in [0.1, 0.15) is 5.60 Å². The number of nitrogens with zero attached hydrogens (tertiary/aromatic N) is 2. The van der Waals surface area contributed by atoms with Crippen LogP contribution in [0.1, 0.15) is 31.2 Å². The largest absolute Gasteiger partial charge is 0.383 e. The molecule has 2 fully saturated rings. The lowest BCUT2D eigenvalue weighted by Crippen LogP contribution is -2.66. The van der Waals surface area contributed by atoms with Crippen molar-refractivity contribution in [3.8, 4) is 0 Å². The van der Waals surface area contributed by atoms with Gasteiger partial charge in [-0.25, -0.2) is 0 Å². The number of carbonyl (C=O) groups is 1. The lowest BCUT2D eigenvalue weighted by molar-refractivity contribution is -0.150. The minimum Gasteiger partial charge on any atom is -0.383 e. The van der Waals surface area contributed by atoms with Crippen molar-refractivity contribution in [2.75, 3.05) is 27.2 Å². The molecule has 2 atom stereocenters. The number of nitrogens with two attached hydrogens (primary N) is 1. The molecular formula is C18H29Cl2N3O2. The van der Waals surface area contributed by atoms with E-state index in [1.807, 2.05) is 54.2 Å². The Morgan fingerprint density at radius 3 is 2.28 bits per heavy atom. The number of aliphatic hydroxyl groups is 1. The molecule has 0 radical (unpaired) electrons. The second kappa shape index (κ2) is 8.23. The molecule has 2 aliphatic rings. The number of rotatable bonds is 3. The molecule has 142 valence electrons. The van der Waals surface area contributed by atoms with Crippen LogP contribution in [0.4, 0.5) is 0 Å². The van der Waals surface area contributed by atoms with Crippen LogP contribution in [0.25, 0.3) is 0 Å². The van der Waals surface area contributed by atoms with E-state index < -0.39 is 11.1 Å². The molecule has 1 saturated carbocycles. The average molecular weight is 390 g/mol. The van der Waals surface area contributed by atoms with Crippen molar-refractivity contribution in [1.82, 2.24) is 9.80 Å². The summed E-state index contributed by atoms with van der Waals surface area (Å²) in [6.45, 7) is 1.06. The minimum atomic E-state index is -0.942. The Kier molecular flexibility index (Phi) is 7.31. The van der Waals surface area contributed by atoms with E-state index in [-0.39, 0.29) is 36.8 Å². The van der Waals surface area contributed by atoms with Gasteiger partial charge >= 0.3 is 0 Å². The lowest BCUT2D eigenvalue weighted by Gasteiger charge is -2.50. The van der Waals surface area contributed by atoms with Crippen molar-refractivity contribution in [1.29, 1.82) is 0 Å². The predicted octanol–water partition coefficient (Wildman–Crippen LogP) is 1.76.